The first kappa shape index (κ1) is 24.3. The highest BCUT2D eigenvalue weighted by Crippen LogP contribution is 2.58. The van der Waals surface area contributed by atoms with E-state index in [1.165, 1.54) is 11.3 Å². The summed E-state index contributed by atoms with van der Waals surface area (Å²) in [7, 11) is 0. The molecule has 3 aromatic carbocycles. The lowest BCUT2D eigenvalue weighted by atomic mass is 9.64. The number of hydrogen-bond donors (Lipinski definition) is 1. The average molecular weight is 571 g/mol. The smallest absolute Gasteiger partial charge is 0.238 e. The normalized spacial score (nSPS) is 24.3. The molecule has 1 spiro atoms. The number of benzene rings is 3. The Morgan fingerprint density at radius 1 is 0.923 bits per heavy atom. The van der Waals surface area contributed by atoms with Crippen molar-refractivity contribution in [1.29, 1.82) is 0 Å². The molecule has 0 unspecified atom stereocenters. The Balaban J connectivity index is 1.56. The molecule has 1 fully saturated rings. The molecule has 3 aliphatic rings. The van der Waals surface area contributed by atoms with Crippen LogP contribution in [-0.4, -0.2) is 29.6 Å². The highest BCUT2D eigenvalue weighted by atomic mass is 35.5. The fraction of sp³-hybridized carbons (Fsp3) is 0.129. The van der Waals surface area contributed by atoms with Crippen molar-refractivity contribution in [3.63, 3.8) is 0 Å². The molecule has 4 aromatic rings. The first-order valence-corrected chi connectivity index (χ1v) is 14.1. The number of rotatable bonds is 4. The zero-order valence-corrected chi connectivity index (χ0v) is 22.6. The molecule has 1 N–H and O–H groups in total. The Hall–Kier alpha value is -3.71. The van der Waals surface area contributed by atoms with E-state index in [1.807, 2.05) is 64.9 Å². The van der Waals surface area contributed by atoms with Gasteiger partial charge in [-0.3, -0.25) is 14.4 Å². The standard InChI is InChI=1S/C31H20Cl2N2O3S/c32-18-12-13-23-17(16-18)11-14-25-31(20-7-2-4-9-22(20)34-30(31)38)26(28(36)19-6-1-3-8-21(19)33)27(35(23)25)29(37)24-10-5-15-39-24/h1-16,25-27H,(H,34,38)/t25-,26+,27-,31+/m0/s1. The number of hydrogen-bond acceptors (Lipinski definition) is 5. The molecule has 0 aliphatic carbocycles. The molecule has 192 valence electrons. The van der Waals surface area contributed by atoms with Crippen LogP contribution in [0, 0.1) is 5.92 Å². The molecular weight excluding hydrogens is 551 g/mol. The van der Waals surface area contributed by atoms with Gasteiger partial charge in [-0.25, -0.2) is 0 Å². The zero-order valence-electron chi connectivity index (χ0n) is 20.3. The van der Waals surface area contributed by atoms with Crippen molar-refractivity contribution in [2.24, 2.45) is 5.92 Å². The fourth-order valence-corrected chi connectivity index (χ4v) is 7.65. The van der Waals surface area contributed by atoms with Gasteiger partial charge >= 0.3 is 0 Å². The van der Waals surface area contributed by atoms with Crippen molar-refractivity contribution in [3.8, 4) is 0 Å². The summed E-state index contributed by atoms with van der Waals surface area (Å²) in [4.78, 5) is 45.9. The minimum atomic E-state index is -1.38. The van der Waals surface area contributed by atoms with Gasteiger partial charge in [-0.05, 0) is 59.0 Å². The number of carbonyl (C=O) groups excluding carboxylic acids is 3. The van der Waals surface area contributed by atoms with Crippen LogP contribution in [0.15, 0.2) is 90.3 Å². The number of fused-ring (bicyclic) bond motifs is 6. The van der Waals surface area contributed by atoms with Gasteiger partial charge in [0.25, 0.3) is 0 Å². The number of Topliss-reactive ketones (excluding diaryl/α,β-unsaturated/α-hetero) is 2. The van der Waals surface area contributed by atoms with Crippen molar-refractivity contribution in [3.05, 3.63) is 122 Å². The van der Waals surface area contributed by atoms with Crippen LogP contribution in [0.25, 0.3) is 6.08 Å². The summed E-state index contributed by atoms with van der Waals surface area (Å²) < 4.78 is 0. The molecule has 1 amide bonds. The van der Waals surface area contributed by atoms with Crippen molar-refractivity contribution >= 4 is 69.5 Å². The zero-order chi connectivity index (χ0) is 26.9. The predicted molar refractivity (Wildman–Crippen MR) is 155 cm³/mol. The van der Waals surface area contributed by atoms with Crippen molar-refractivity contribution in [2.45, 2.75) is 17.5 Å². The van der Waals surface area contributed by atoms with Crippen molar-refractivity contribution in [2.75, 3.05) is 10.2 Å². The predicted octanol–water partition coefficient (Wildman–Crippen LogP) is 6.91. The van der Waals surface area contributed by atoms with E-state index in [2.05, 4.69) is 5.32 Å². The Morgan fingerprint density at radius 3 is 2.51 bits per heavy atom. The van der Waals surface area contributed by atoms with Gasteiger partial charge in [-0.15, -0.1) is 11.3 Å². The van der Waals surface area contributed by atoms with E-state index < -0.39 is 23.4 Å². The maximum atomic E-state index is 14.7. The molecular formula is C31H20Cl2N2O3S. The summed E-state index contributed by atoms with van der Waals surface area (Å²) in [5.41, 5.74) is 1.80. The van der Waals surface area contributed by atoms with Gasteiger partial charge in [0, 0.05) is 22.0 Å². The highest BCUT2D eigenvalue weighted by molar-refractivity contribution is 7.12. The van der Waals surface area contributed by atoms with E-state index >= 15 is 0 Å². The SMILES string of the molecule is O=C(c1cccs1)[C@@H]1[C@H](C(=O)c2ccccc2Cl)[C@]2(C(=O)Nc3ccccc32)[C@@H]2C=Cc3cc(Cl)ccc3N12. The molecule has 8 heteroatoms. The average Bonchev–Trinajstić information content (AvgIpc) is 3.65. The van der Waals surface area contributed by atoms with Gasteiger partial charge in [-0.2, -0.15) is 0 Å². The third kappa shape index (κ3) is 3.35. The van der Waals surface area contributed by atoms with Gasteiger partial charge < -0.3 is 10.2 Å². The third-order valence-corrected chi connectivity index (χ3v) is 9.50. The van der Waals surface area contributed by atoms with Crippen LogP contribution in [0.4, 0.5) is 11.4 Å². The third-order valence-electron chi connectivity index (χ3n) is 8.05. The second-order valence-corrected chi connectivity index (χ2v) is 11.7. The van der Waals surface area contributed by atoms with Crippen LogP contribution >= 0.6 is 34.5 Å². The number of amides is 1. The minimum absolute atomic E-state index is 0.217. The Morgan fingerprint density at radius 2 is 1.72 bits per heavy atom. The van der Waals surface area contributed by atoms with Crippen molar-refractivity contribution < 1.29 is 14.4 Å². The lowest BCUT2D eigenvalue weighted by molar-refractivity contribution is -0.121. The summed E-state index contributed by atoms with van der Waals surface area (Å²) in [6.45, 7) is 0. The first-order valence-electron chi connectivity index (χ1n) is 12.5. The molecule has 39 heavy (non-hydrogen) atoms. The number of carbonyl (C=O) groups is 3. The van der Waals surface area contributed by atoms with Crippen LogP contribution in [0.2, 0.25) is 10.0 Å². The number of anilines is 2. The van der Waals surface area contributed by atoms with E-state index in [-0.39, 0.29) is 28.1 Å². The van der Waals surface area contributed by atoms with Gasteiger partial charge in [0.2, 0.25) is 5.91 Å². The van der Waals surface area contributed by atoms with Crippen molar-refractivity contribution in [1.82, 2.24) is 0 Å². The first-order chi connectivity index (χ1) is 18.9. The summed E-state index contributed by atoms with van der Waals surface area (Å²) in [6, 6.07) is 21.7. The monoisotopic (exact) mass is 570 g/mol. The molecule has 7 rings (SSSR count). The second-order valence-electron chi connectivity index (χ2n) is 9.89. The Kier molecular flexibility index (Phi) is 5.56. The van der Waals surface area contributed by atoms with Crippen LogP contribution < -0.4 is 10.2 Å². The summed E-state index contributed by atoms with van der Waals surface area (Å²) in [5.74, 6) is -1.94. The lowest BCUT2D eigenvalue weighted by Crippen LogP contribution is -2.51. The van der Waals surface area contributed by atoms with E-state index in [4.69, 9.17) is 23.2 Å². The molecule has 0 bridgehead atoms. The van der Waals surface area contributed by atoms with Crippen LogP contribution in [0.5, 0.6) is 0 Å². The Bertz CT molecular complexity index is 1720. The summed E-state index contributed by atoms with van der Waals surface area (Å²) in [6.07, 6.45) is 3.85. The molecule has 1 aromatic heterocycles. The molecule has 5 nitrogen and oxygen atoms in total. The van der Waals surface area contributed by atoms with E-state index in [0.29, 0.717) is 21.2 Å². The maximum absolute atomic E-state index is 14.7. The van der Waals surface area contributed by atoms with Gasteiger partial charge in [-0.1, -0.05) is 71.8 Å². The topological polar surface area (TPSA) is 66.5 Å². The molecule has 3 aliphatic heterocycles. The number of halogens is 2. The summed E-state index contributed by atoms with van der Waals surface area (Å²) >= 11 is 14.2. The largest absolute Gasteiger partial charge is 0.352 e. The number of para-hydroxylation sites is 1. The lowest BCUT2D eigenvalue weighted by Gasteiger charge is -2.37. The second kappa shape index (κ2) is 8.91. The van der Waals surface area contributed by atoms with Gasteiger partial charge in [0.05, 0.1) is 21.9 Å². The number of nitrogens with zero attached hydrogens (tertiary/aromatic N) is 1. The van der Waals surface area contributed by atoms with Gasteiger partial charge in [0.1, 0.15) is 11.5 Å². The number of nitrogens with one attached hydrogen (secondary N) is 1. The quantitative estimate of drug-likeness (QED) is 0.271. The van der Waals surface area contributed by atoms with E-state index in [0.717, 1.165) is 11.3 Å². The van der Waals surface area contributed by atoms with Crippen LogP contribution in [0.1, 0.15) is 31.2 Å². The molecule has 0 radical (unpaired) electrons. The molecule has 4 atom stereocenters. The highest BCUT2D eigenvalue weighted by Gasteiger charge is 2.70. The minimum Gasteiger partial charge on any atom is -0.352 e. The summed E-state index contributed by atoms with van der Waals surface area (Å²) in [5, 5.41) is 5.69. The van der Waals surface area contributed by atoms with E-state index in [1.54, 1.807) is 36.4 Å². The maximum Gasteiger partial charge on any atom is 0.238 e. The number of thiophene rings is 1. The van der Waals surface area contributed by atoms with Crippen LogP contribution in [0.3, 0.4) is 0 Å². The van der Waals surface area contributed by atoms with E-state index in [9.17, 15) is 14.4 Å². The van der Waals surface area contributed by atoms with Crippen LogP contribution in [-0.2, 0) is 10.2 Å². The molecule has 1 saturated heterocycles. The molecule has 4 heterocycles. The number of ketones is 2. The molecule has 0 saturated carbocycles. The Labute approximate surface area is 238 Å². The fourth-order valence-electron chi connectivity index (χ4n) is 6.54. The van der Waals surface area contributed by atoms with Gasteiger partial charge in [0.15, 0.2) is 11.6 Å².